The highest BCUT2D eigenvalue weighted by atomic mass is 35.5. The Labute approximate surface area is 244 Å². The Morgan fingerprint density at radius 2 is 1.70 bits per heavy atom. The second-order valence-electron chi connectivity index (χ2n) is 12.3. The van der Waals surface area contributed by atoms with Crippen molar-refractivity contribution in [2.24, 2.45) is 5.92 Å². The lowest BCUT2D eigenvalue weighted by molar-refractivity contribution is -0.140. The summed E-state index contributed by atoms with van der Waals surface area (Å²) in [7, 11) is 0. The highest BCUT2D eigenvalue weighted by Gasteiger charge is 2.37. The number of hydrazine groups is 1. The van der Waals surface area contributed by atoms with E-state index < -0.39 is 17.7 Å². The molecule has 3 N–H and O–H groups in total. The third-order valence-corrected chi connectivity index (χ3v) is 7.65. The minimum Gasteiger partial charge on any atom is -0.444 e. The number of halogens is 1. The Kier molecular flexibility index (Phi) is 12.1. The van der Waals surface area contributed by atoms with Crippen molar-refractivity contribution in [1.82, 2.24) is 26.0 Å². The molecule has 1 saturated heterocycles. The van der Waals surface area contributed by atoms with Crippen LogP contribution in [0.4, 0.5) is 4.79 Å². The number of carbonyl (C=O) groups is 3. The van der Waals surface area contributed by atoms with E-state index in [4.69, 9.17) is 16.3 Å². The van der Waals surface area contributed by atoms with Gasteiger partial charge in [0.05, 0.1) is 6.04 Å². The highest BCUT2D eigenvalue weighted by Crippen LogP contribution is 2.28. The van der Waals surface area contributed by atoms with Crippen LogP contribution in [0.15, 0.2) is 24.3 Å². The molecule has 0 bridgehead atoms. The van der Waals surface area contributed by atoms with Crippen LogP contribution in [0, 0.1) is 5.92 Å². The Balaban J connectivity index is 1.60. The van der Waals surface area contributed by atoms with E-state index in [2.05, 4.69) is 21.0 Å². The summed E-state index contributed by atoms with van der Waals surface area (Å²) in [5.74, 6) is 0.0185. The molecule has 2 fully saturated rings. The predicted molar refractivity (Wildman–Crippen MR) is 158 cm³/mol. The molecule has 3 rings (SSSR count). The number of carbonyl (C=O) groups excluding carboxylic acids is 3. The lowest BCUT2D eigenvalue weighted by Gasteiger charge is -2.39. The molecule has 1 aromatic carbocycles. The molecule has 10 heteroatoms. The van der Waals surface area contributed by atoms with Crippen LogP contribution >= 0.6 is 11.6 Å². The zero-order valence-corrected chi connectivity index (χ0v) is 25.6. The summed E-state index contributed by atoms with van der Waals surface area (Å²) in [5.41, 5.74) is 3.50. The number of nitrogens with one attached hydrogen (secondary N) is 3. The number of hydrogen-bond acceptors (Lipinski definition) is 6. The van der Waals surface area contributed by atoms with Crippen LogP contribution in [0.1, 0.15) is 78.7 Å². The van der Waals surface area contributed by atoms with E-state index in [1.54, 1.807) is 0 Å². The fraction of sp³-hybridized carbons (Fsp3) is 0.700. The molecule has 224 valence electrons. The predicted octanol–water partition coefficient (Wildman–Crippen LogP) is 4.29. The van der Waals surface area contributed by atoms with Gasteiger partial charge in [-0.25, -0.2) is 9.80 Å². The molecule has 0 aromatic heterocycles. The maximum Gasteiger partial charge on any atom is 0.407 e. The van der Waals surface area contributed by atoms with Crippen LogP contribution in [0.25, 0.3) is 0 Å². The van der Waals surface area contributed by atoms with E-state index in [0.29, 0.717) is 43.7 Å². The van der Waals surface area contributed by atoms with Gasteiger partial charge in [-0.15, -0.1) is 0 Å². The first-order valence-electron chi connectivity index (χ1n) is 14.7. The van der Waals surface area contributed by atoms with Crippen LogP contribution in [0.3, 0.4) is 0 Å². The second kappa shape index (κ2) is 15.0. The highest BCUT2D eigenvalue weighted by molar-refractivity contribution is 6.30. The second-order valence-corrected chi connectivity index (χ2v) is 12.8. The Morgan fingerprint density at radius 3 is 2.33 bits per heavy atom. The van der Waals surface area contributed by atoms with Gasteiger partial charge < -0.3 is 20.3 Å². The summed E-state index contributed by atoms with van der Waals surface area (Å²) >= 11 is 6.06. The van der Waals surface area contributed by atoms with Crippen molar-refractivity contribution in [1.29, 1.82) is 0 Å². The summed E-state index contributed by atoms with van der Waals surface area (Å²) in [6.45, 7) is 11.4. The molecule has 1 aromatic rings. The van der Waals surface area contributed by atoms with Gasteiger partial charge in [-0.1, -0.05) is 56.8 Å². The van der Waals surface area contributed by atoms with Gasteiger partial charge in [-0.3, -0.25) is 15.0 Å². The summed E-state index contributed by atoms with van der Waals surface area (Å²) in [6.07, 6.45) is 6.51. The maximum absolute atomic E-state index is 13.5. The van der Waals surface area contributed by atoms with Gasteiger partial charge in [0.15, 0.2) is 0 Å². The molecule has 1 aliphatic carbocycles. The molecule has 2 aliphatic rings. The summed E-state index contributed by atoms with van der Waals surface area (Å²) < 4.78 is 5.29. The smallest absolute Gasteiger partial charge is 0.407 e. The fourth-order valence-corrected chi connectivity index (χ4v) is 5.58. The lowest BCUT2D eigenvalue weighted by atomic mass is 9.92. The van der Waals surface area contributed by atoms with Crippen LogP contribution < -0.4 is 16.1 Å². The van der Waals surface area contributed by atoms with Crippen molar-refractivity contribution in [2.45, 2.75) is 103 Å². The number of amides is 3. The van der Waals surface area contributed by atoms with E-state index in [-0.39, 0.29) is 23.8 Å². The number of benzene rings is 1. The summed E-state index contributed by atoms with van der Waals surface area (Å²) in [4.78, 5) is 40.8. The standard InChI is InChI=1S/C30H48ClN5O4/c1-21(2)28(38)36(24-9-7-6-8-10-24)25-15-18-35(20-25)34-27(37)26(19-22-11-13-23(31)14-12-22)32-16-17-33-29(39)40-30(3,4)5/h11-14,21,24-26,32H,6-10,15-20H2,1-5H3,(H,33,39)(H,34,37)/t25-,26+/m0/s1. The quantitative estimate of drug-likeness (QED) is 0.339. The molecule has 1 saturated carbocycles. The van der Waals surface area contributed by atoms with Crippen molar-refractivity contribution < 1.29 is 19.1 Å². The van der Waals surface area contributed by atoms with E-state index in [1.807, 2.05) is 63.9 Å². The van der Waals surface area contributed by atoms with Crippen molar-refractivity contribution in [3.63, 3.8) is 0 Å². The van der Waals surface area contributed by atoms with Gasteiger partial charge in [-0.2, -0.15) is 0 Å². The van der Waals surface area contributed by atoms with Crippen molar-refractivity contribution in [3.8, 4) is 0 Å². The molecule has 9 nitrogen and oxygen atoms in total. The third kappa shape index (κ3) is 10.2. The van der Waals surface area contributed by atoms with Crippen LogP contribution in [-0.2, 0) is 20.7 Å². The molecule has 40 heavy (non-hydrogen) atoms. The molecule has 0 spiro atoms. The monoisotopic (exact) mass is 577 g/mol. The topological polar surface area (TPSA) is 103 Å². The van der Waals surface area contributed by atoms with Gasteiger partial charge in [-0.05, 0) is 64.2 Å². The van der Waals surface area contributed by atoms with E-state index in [1.165, 1.54) is 19.3 Å². The average Bonchev–Trinajstić information content (AvgIpc) is 3.34. The van der Waals surface area contributed by atoms with Gasteiger partial charge in [0.2, 0.25) is 5.91 Å². The molecule has 1 heterocycles. The van der Waals surface area contributed by atoms with Crippen LogP contribution in [-0.4, -0.2) is 77.7 Å². The van der Waals surface area contributed by atoms with Gasteiger partial charge in [0, 0.05) is 49.2 Å². The zero-order valence-electron chi connectivity index (χ0n) is 24.8. The molecule has 3 amide bonds. The molecular weight excluding hydrogens is 530 g/mol. The number of alkyl carbamates (subject to hydrolysis) is 1. The van der Waals surface area contributed by atoms with Crippen LogP contribution in [0.2, 0.25) is 5.02 Å². The first kappa shape index (κ1) is 32.2. The summed E-state index contributed by atoms with van der Waals surface area (Å²) in [5, 5.41) is 8.60. The minimum absolute atomic E-state index is 0.0483. The summed E-state index contributed by atoms with van der Waals surface area (Å²) in [6, 6.07) is 7.32. The van der Waals surface area contributed by atoms with Crippen molar-refractivity contribution in [3.05, 3.63) is 34.9 Å². The molecular formula is C30H48ClN5O4. The normalized spacial score (nSPS) is 19.3. The third-order valence-electron chi connectivity index (χ3n) is 7.40. The molecule has 0 unspecified atom stereocenters. The number of nitrogens with zero attached hydrogens (tertiary/aromatic N) is 2. The lowest BCUT2D eigenvalue weighted by Crippen LogP contribution is -2.54. The first-order chi connectivity index (χ1) is 18.9. The number of rotatable bonds is 11. The maximum atomic E-state index is 13.5. The number of ether oxygens (including phenoxy) is 1. The number of hydrogen-bond donors (Lipinski definition) is 3. The van der Waals surface area contributed by atoms with E-state index in [9.17, 15) is 14.4 Å². The first-order valence-corrected chi connectivity index (χ1v) is 15.1. The van der Waals surface area contributed by atoms with Crippen LogP contribution in [0.5, 0.6) is 0 Å². The molecule has 1 aliphatic heterocycles. The Morgan fingerprint density at radius 1 is 1.02 bits per heavy atom. The van der Waals surface area contributed by atoms with Gasteiger partial charge >= 0.3 is 6.09 Å². The fourth-order valence-electron chi connectivity index (χ4n) is 5.46. The van der Waals surface area contributed by atoms with E-state index in [0.717, 1.165) is 24.8 Å². The molecule has 0 radical (unpaired) electrons. The van der Waals surface area contributed by atoms with Crippen molar-refractivity contribution in [2.75, 3.05) is 26.2 Å². The largest absolute Gasteiger partial charge is 0.444 e. The molecule has 2 atom stereocenters. The zero-order chi connectivity index (χ0) is 29.3. The SMILES string of the molecule is CC(C)C(=O)N(C1CCCCC1)[C@H]1CCN(NC(=O)[C@@H](Cc2ccc(Cl)cc2)NCCNC(=O)OC(C)(C)C)C1. The van der Waals surface area contributed by atoms with E-state index >= 15 is 0 Å². The minimum atomic E-state index is -0.575. The Bertz CT molecular complexity index is 975. The van der Waals surface area contributed by atoms with Crippen molar-refractivity contribution >= 4 is 29.5 Å². The van der Waals surface area contributed by atoms with Gasteiger partial charge in [0.1, 0.15) is 5.60 Å². The Hall–Kier alpha value is -2.36. The average molecular weight is 578 g/mol. The van der Waals surface area contributed by atoms with Gasteiger partial charge in [0.25, 0.3) is 5.91 Å².